The summed E-state index contributed by atoms with van der Waals surface area (Å²) >= 11 is 0. The minimum atomic E-state index is -5.08. The number of ether oxygens (including phenoxy) is 2. The number of amides is 1. The fraction of sp³-hybridized carbons (Fsp3) is 0.818. The lowest BCUT2D eigenvalue weighted by atomic mass is 9.92. The lowest BCUT2D eigenvalue weighted by Crippen LogP contribution is -2.55. The molecule has 1 N–H and O–H groups in total. The fourth-order valence-electron chi connectivity index (χ4n) is 4.96. The summed E-state index contributed by atoms with van der Waals surface area (Å²) in [5.74, 6) is -2.23. The largest absolute Gasteiger partial charge is 0.490 e. The molecule has 2 heterocycles. The van der Waals surface area contributed by atoms with Gasteiger partial charge >= 0.3 is 12.1 Å². The van der Waals surface area contributed by atoms with Crippen LogP contribution in [0.5, 0.6) is 0 Å². The van der Waals surface area contributed by atoms with E-state index in [1.54, 1.807) is 0 Å². The van der Waals surface area contributed by atoms with Crippen molar-refractivity contribution < 1.29 is 37.3 Å². The van der Waals surface area contributed by atoms with Gasteiger partial charge in [0.15, 0.2) is 0 Å². The molecule has 4 atom stereocenters. The normalized spacial score (nSPS) is 30.5. The van der Waals surface area contributed by atoms with Gasteiger partial charge in [-0.2, -0.15) is 13.2 Å². The molecule has 3 fully saturated rings. The van der Waals surface area contributed by atoms with Crippen molar-refractivity contribution >= 4 is 11.9 Å². The number of fused-ring (bicyclic) bond motifs is 1. The number of nitrogens with zero attached hydrogens (tertiary/aromatic N) is 2. The maximum absolute atomic E-state index is 13.0. The number of hydrogen-bond donors (Lipinski definition) is 1. The number of carboxylic acid groups (broad SMARTS) is 1. The molecule has 1 saturated carbocycles. The highest BCUT2D eigenvalue weighted by Gasteiger charge is 2.46. The zero-order valence-corrected chi connectivity index (χ0v) is 18.3. The number of likely N-dealkylation sites (tertiary alicyclic amines) is 1. The van der Waals surface area contributed by atoms with Crippen molar-refractivity contribution in [2.24, 2.45) is 5.92 Å². The van der Waals surface area contributed by atoms with Crippen LogP contribution >= 0.6 is 0 Å². The van der Waals surface area contributed by atoms with Crippen LogP contribution in [0.3, 0.4) is 0 Å². The first kappa shape index (κ1) is 25.0. The van der Waals surface area contributed by atoms with E-state index in [-0.39, 0.29) is 24.2 Å². The molecule has 1 amide bonds. The molecule has 1 unspecified atom stereocenters. The van der Waals surface area contributed by atoms with Gasteiger partial charge in [0.25, 0.3) is 0 Å². The van der Waals surface area contributed by atoms with Crippen LogP contribution in [-0.2, 0) is 19.1 Å². The molecular formula is C22H33F3N2O5. The van der Waals surface area contributed by atoms with Gasteiger partial charge in [-0.3, -0.25) is 4.79 Å². The average Bonchev–Trinajstić information content (AvgIpc) is 3.44. The highest BCUT2D eigenvalue weighted by Crippen LogP contribution is 2.34. The Labute approximate surface area is 186 Å². The number of allylic oxidation sites excluding steroid dienone is 2. The molecular weight excluding hydrogens is 429 g/mol. The van der Waals surface area contributed by atoms with Crippen LogP contribution in [0, 0.1) is 5.92 Å². The first-order valence-electron chi connectivity index (χ1n) is 11.5. The molecule has 0 bridgehead atoms. The second-order valence-electron chi connectivity index (χ2n) is 8.75. The quantitative estimate of drug-likeness (QED) is 0.633. The molecule has 32 heavy (non-hydrogen) atoms. The highest BCUT2D eigenvalue weighted by molar-refractivity contribution is 5.79. The number of rotatable bonds is 5. The lowest BCUT2D eigenvalue weighted by molar-refractivity contribution is -0.192. The van der Waals surface area contributed by atoms with Crippen LogP contribution in [0.25, 0.3) is 0 Å². The highest BCUT2D eigenvalue weighted by atomic mass is 19.4. The Morgan fingerprint density at radius 2 is 1.81 bits per heavy atom. The van der Waals surface area contributed by atoms with Gasteiger partial charge < -0.3 is 24.4 Å². The smallest absolute Gasteiger partial charge is 0.475 e. The van der Waals surface area contributed by atoms with Gasteiger partial charge in [0, 0.05) is 19.0 Å². The number of carbonyl (C=O) groups excluding carboxylic acids is 1. The number of morpholine rings is 1. The van der Waals surface area contributed by atoms with E-state index in [9.17, 15) is 18.0 Å². The summed E-state index contributed by atoms with van der Waals surface area (Å²) in [5.41, 5.74) is 0. The van der Waals surface area contributed by atoms with E-state index < -0.39 is 12.1 Å². The number of hydrogen-bond acceptors (Lipinski definition) is 5. The van der Waals surface area contributed by atoms with Crippen LogP contribution in [0.2, 0.25) is 0 Å². The first-order valence-corrected chi connectivity index (χ1v) is 11.5. The molecule has 4 rings (SSSR count). The summed E-state index contributed by atoms with van der Waals surface area (Å²) in [7, 11) is 0. The molecule has 0 aromatic heterocycles. The van der Waals surface area contributed by atoms with E-state index in [0.29, 0.717) is 12.5 Å². The van der Waals surface area contributed by atoms with Crippen molar-refractivity contribution in [1.29, 1.82) is 0 Å². The molecule has 7 nitrogen and oxygen atoms in total. The Bertz CT molecular complexity index is 666. The van der Waals surface area contributed by atoms with Crippen molar-refractivity contribution in [3.05, 3.63) is 12.2 Å². The van der Waals surface area contributed by atoms with Crippen LogP contribution < -0.4 is 0 Å². The van der Waals surface area contributed by atoms with Gasteiger partial charge in [-0.25, -0.2) is 4.79 Å². The van der Waals surface area contributed by atoms with E-state index in [1.165, 1.54) is 25.9 Å². The third-order valence-electron chi connectivity index (χ3n) is 6.62. The predicted octanol–water partition coefficient (Wildman–Crippen LogP) is 2.85. The summed E-state index contributed by atoms with van der Waals surface area (Å²) < 4.78 is 44.0. The number of halogens is 3. The van der Waals surface area contributed by atoms with Gasteiger partial charge in [0.2, 0.25) is 5.91 Å². The minimum Gasteiger partial charge on any atom is -0.475 e. The SMILES string of the molecule is O=C(C1CC=CCC1)N1CCO[C@H]2[C@H](OCCN3CCCC3)CC[C@@H]21.O=C(O)C(F)(F)F. The topological polar surface area (TPSA) is 79.3 Å². The van der Waals surface area contributed by atoms with Crippen molar-refractivity contribution in [2.45, 2.75) is 69.4 Å². The Hall–Kier alpha value is -1.65. The summed E-state index contributed by atoms with van der Waals surface area (Å²) in [5, 5.41) is 7.12. The van der Waals surface area contributed by atoms with Gasteiger partial charge in [0.1, 0.15) is 6.10 Å². The van der Waals surface area contributed by atoms with Crippen LogP contribution in [-0.4, -0.2) is 90.6 Å². The Kier molecular flexibility index (Phi) is 8.95. The summed E-state index contributed by atoms with van der Waals surface area (Å²) in [4.78, 5) is 26.5. The number of carbonyl (C=O) groups is 2. The van der Waals surface area contributed by atoms with E-state index in [0.717, 1.165) is 51.8 Å². The Balaban J connectivity index is 0.000000360. The number of aliphatic carboxylic acids is 1. The molecule has 0 aromatic rings. The Morgan fingerprint density at radius 1 is 1.09 bits per heavy atom. The van der Waals surface area contributed by atoms with Crippen LogP contribution in [0.1, 0.15) is 44.9 Å². The molecule has 2 aliphatic carbocycles. The maximum atomic E-state index is 13.0. The molecule has 4 aliphatic rings. The molecule has 182 valence electrons. The second-order valence-corrected chi connectivity index (χ2v) is 8.75. The van der Waals surface area contributed by atoms with Crippen molar-refractivity contribution in [1.82, 2.24) is 9.80 Å². The van der Waals surface area contributed by atoms with Crippen LogP contribution in [0.4, 0.5) is 13.2 Å². The van der Waals surface area contributed by atoms with Crippen molar-refractivity contribution in [3.8, 4) is 0 Å². The average molecular weight is 463 g/mol. The third kappa shape index (κ3) is 6.68. The molecule has 0 radical (unpaired) electrons. The maximum Gasteiger partial charge on any atom is 0.490 e. The van der Waals surface area contributed by atoms with Crippen molar-refractivity contribution in [2.75, 3.05) is 39.4 Å². The molecule has 2 aliphatic heterocycles. The predicted molar refractivity (Wildman–Crippen MR) is 110 cm³/mol. The lowest BCUT2D eigenvalue weighted by Gasteiger charge is -2.40. The van der Waals surface area contributed by atoms with Crippen molar-refractivity contribution in [3.63, 3.8) is 0 Å². The monoisotopic (exact) mass is 462 g/mol. The second kappa shape index (κ2) is 11.5. The van der Waals surface area contributed by atoms with E-state index in [4.69, 9.17) is 19.4 Å². The van der Waals surface area contributed by atoms with Gasteiger partial charge in [-0.15, -0.1) is 0 Å². The summed E-state index contributed by atoms with van der Waals surface area (Å²) in [6, 6.07) is 0.226. The zero-order chi connectivity index (χ0) is 23.1. The molecule has 0 aromatic carbocycles. The van der Waals surface area contributed by atoms with Crippen LogP contribution in [0.15, 0.2) is 12.2 Å². The number of alkyl halides is 3. The van der Waals surface area contributed by atoms with Gasteiger partial charge in [-0.05, 0) is 58.0 Å². The first-order chi connectivity index (χ1) is 15.3. The summed E-state index contributed by atoms with van der Waals surface area (Å²) in [6.07, 6.45) is 7.16. The molecule has 0 spiro atoms. The third-order valence-corrected chi connectivity index (χ3v) is 6.62. The van der Waals surface area contributed by atoms with Gasteiger partial charge in [0.05, 0.1) is 25.4 Å². The standard InChI is InChI=1S/C20H32N2O3.C2HF3O2/c23-20(16-6-2-1-3-7-16)22-13-15-25-19-17(22)8-9-18(19)24-14-12-21-10-4-5-11-21;3-2(4,5)1(6)7/h1-2,16-19H,3-15H2;(H,6,7)/t16?,17-,18+,19+;/m0./s1. The molecule has 2 saturated heterocycles. The Morgan fingerprint density at radius 3 is 2.44 bits per heavy atom. The minimum absolute atomic E-state index is 0.0791. The zero-order valence-electron chi connectivity index (χ0n) is 18.3. The number of carboxylic acids is 1. The van der Waals surface area contributed by atoms with Gasteiger partial charge in [-0.1, -0.05) is 12.2 Å². The van der Waals surface area contributed by atoms with E-state index in [1.807, 2.05) is 0 Å². The fourth-order valence-corrected chi connectivity index (χ4v) is 4.96. The van der Waals surface area contributed by atoms with E-state index in [2.05, 4.69) is 22.0 Å². The molecule has 10 heteroatoms. The van der Waals surface area contributed by atoms with E-state index >= 15 is 0 Å². The summed E-state index contributed by atoms with van der Waals surface area (Å²) in [6.45, 7) is 5.66.